The van der Waals surface area contributed by atoms with E-state index in [9.17, 15) is 0 Å². The highest BCUT2D eigenvalue weighted by Gasteiger charge is 2.53. The Morgan fingerprint density at radius 3 is 1.60 bits per heavy atom. The number of hydrogen-bond acceptors (Lipinski definition) is 7. The van der Waals surface area contributed by atoms with Crippen LogP contribution >= 0.6 is 0 Å². The standard InChI is InChI=1S/C28H31N3O4/c1-32-22-13-17-8-11-30-26(19(17)15-24(22)34-3)27-20-16-25(35-4)23(33-2)14-18(20)9-12-31(27)28(30)21-7-5-6-10-29-21/h5-7,10,13-16,26-28H,8-9,11-12H2,1-4H3/t26-,27-/m0/s1. The summed E-state index contributed by atoms with van der Waals surface area (Å²) in [5, 5.41) is 0. The Morgan fingerprint density at radius 2 is 1.17 bits per heavy atom. The van der Waals surface area contributed by atoms with Gasteiger partial charge in [-0.05, 0) is 71.5 Å². The molecule has 0 N–H and O–H groups in total. The first-order valence-corrected chi connectivity index (χ1v) is 12.1. The largest absolute Gasteiger partial charge is 0.493 e. The van der Waals surface area contributed by atoms with E-state index in [1.165, 1.54) is 22.3 Å². The number of ether oxygens (including phenoxy) is 4. The second-order valence-electron chi connectivity index (χ2n) is 9.31. The van der Waals surface area contributed by atoms with Crippen molar-refractivity contribution in [1.82, 2.24) is 14.8 Å². The number of methoxy groups -OCH3 is 4. The zero-order valence-electron chi connectivity index (χ0n) is 20.7. The Morgan fingerprint density at radius 1 is 0.686 bits per heavy atom. The summed E-state index contributed by atoms with van der Waals surface area (Å²) < 4.78 is 22.7. The van der Waals surface area contributed by atoms with Gasteiger partial charge in [-0.2, -0.15) is 0 Å². The number of rotatable bonds is 5. The summed E-state index contributed by atoms with van der Waals surface area (Å²) >= 11 is 0. The lowest BCUT2D eigenvalue weighted by Crippen LogP contribution is -2.37. The van der Waals surface area contributed by atoms with Crippen LogP contribution in [-0.2, 0) is 12.8 Å². The number of nitrogens with zero attached hydrogens (tertiary/aromatic N) is 3. The Balaban J connectivity index is 1.56. The molecule has 1 aromatic heterocycles. The van der Waals surface area contributed by atoms with Crippen LogP contribution in [0.5, 0.6) is 23.0 Å². The molecule has 3 aromatic rings. The van der Waals surface area contributed by atoms with Crippen LogP contribution < -0.4 is 18.9 Å². The minimum atomic E-state index is 0.105. The Bertz CT molecular complexity index is 1170. The molecule has 0 aliphatic carbocycles. The van der Waals surface area contributed by atoms with E-state index in [0.717, 1.165) is 54.6 Å². The molecule has 0 bridgehead atoms. The summed E-state index contributed by atoms with van der Waals surface area (Å²) in [4.78, 5) is 10.0. The number of benzene rings is 2. The maximum absolute atomic E-state index is 5.73. The zero-order valence-corrected chi connectivity index (χ0v) is 20.7. The molecule has 0 spiro atoms. The van der Waals surface area contributed by atoms with E-state index in [1.54, 1.807) is 28.4 Å². The van der Waals surface area contributed by atoms with Gasteiger partial charge in [0.25, 0.3) is 0 Å². The molecule has 6 rings (SSSR count). The molecule has 0 unspecified atom stereocenters. The summed E-state index contributed by atoms with van der Waals surface area (Å²) in [6.07, 6.45) is 3.91. The maximum atomic E-state index is 5.73. The van der Waals surface area contributed by atoms with Crippen molar-refractivity contribution in [2.75, 3.05) is 41.5 Å². The van der Waals surface area contributed by atoms with Gasteiger partial charge >= 0.3 is 0 Å². The lowest BCUT2D eigenvalue weighted by atomic mass is 9.82. The number of aromatic nitrogens is 1. The molecule has 1 fully saturated rings. The second kappa shape index (κ2) is 8.73. The minimum absolute atomic E-state index is 0.105. The molecular weight excluding hydrogens is 442 g/mol. The molecule has 0 amide bonds. The average molecular weight is 474 g/mol. The molecule has 4 heterocycles. The van der Waals surface area contributed by atoms with E-state index in [-0.39, 0.29) is 18.2 Å². The van der Waals surface area contributed by atoms with E-state index >= 15 is 0 Å². The third kappa shape index (κ3) is 3.37. The van der Waals surface area contributed by atoms with Crippen LogP contribution in [0.15, 0.2) is 48.7 Å². The van der Waals surface area contributed by atoms with Crippen LogP contribution in [0.2, 0.25) is 0 Å². The van der Waals surface area contributed by atoms with Crippen LogP contribution in [0, 0.1) is 0 Å². The summed E-state index contributed by atoms with van der Waals surface area (Å²) in [5.74, 6) is 3.10. The number of fused-ring (bicyclic) bond motifs is 7. The molecular formula is C28H31N3O4. The molecule has 2 atom stereocenters. The van der Waals surface area contributed by atoms with Crippen molar-refractivity contribution in [3.8, 4) is 23.0 Å². The van der Waals surface area contributed by atoms with Crippen LogP contribution in [0.4, 0.5) is 0 Å². The second-order valence-corrected chi connectivity index (χ2v) is 9.31. The van der Waals surface area contributed by atoms with Gasteiger partial charge in [0.05, 0.1) is 46.2 Å². The van der Waals surface area contributed by atoms with Crippen molar-refractivity contribution < 1.29 is 18.9 Å². The Labute approximate surface area is 206 Å². The van der Waals surface area contributed by atoms with E-state index in [1.807, 2.05) is 12.3 Å². The summed E-state index contributed by atoms with van der Waals surface area (Å²) in [5.41, 5.74) is 6.32. The third-order valence-electron chi connectivity index (χ3n) is 7.80. The fourth-order valence-electron chi connectivity index (χ4n) is 6.30. The van der Waals surface area contributed by atoms with Gasteiger partial charge in [-0.1, -0.05) is 6.07 Å². The highest BCUT2D eigenvalue weighted by Crippen LogP contribution is 2.58. The lowest BCUT2D eigenvalue weighted by molar-refractivity contribution is 0.105. The molecule has 35 heavy (non-hydrogen) atoms. The quantitative estimate of drug-likeness (QED) is 0.547. The van der Waals surface area contributed by atoms with Crippen molar-refractivity contribution >= 4 is 0 Å². The normalized spacial score (nSPS) is 21.5. The monoisotopic (exact) mass is 473 g/mol. The van der Waals surface area contributed by atoms with Crippen molar-refractivity contribution in [3.05, 3.63) is 76.6 Å². The highest BCUT2D eigenvalue weighted by atomic mass is 16.5. The molecule has 3 aliphatic heterocycles. The smallest absolute Gasteiger partial charge is 0.161 e. The number of pyridine rings is 1. The van der Waals surface area contributed by atoms with Gasteiger partial charge in [-0.25, -0.2) is 0 Å². The van der Waals surface area contributed by atoms with Gasteiger partial charge < -0.3 is 18.9 Å². The fraction of sp³-hybridized carbons (Fsp3) is 0.393. The van der Waals surface area contributed by atoms with Gasteiger partial charge in [0, 0.05) is 19.3 Å². The van der Waals surface area contributed by atoms with Gasteiger partial charge in [-0.15, -0.1) is 0 Å². The summed E-state index contributed by atoms with van der Waals surface area (Å²) in [7, 11) is 6.81. The highest BCUT2D eigenvalue weighted by molar-refractivity contribution is 5.54. The number of hydrogen-bond donors (Lipinski definition) is 0. The molecule has 0 radical (unpaired) electrons. The predicted octanol–water partition coefficient (Wildman–Crippen LogP) is 4.33. The zero-order chi connectivity index (χ0) is 24.1. The summed E-state index contributed by atoms with van der Waals surface area (Å²) in [6.45, 7) is 1.90. The lowest BCUT2D eigenvalue weighted by Gasteiger charge is -2.37. The minimum Gasteiger partial charge on any atom is -0.493 e. The first-order valence-electron chi connectivity index (χ1n) is 12.1. The Hall–Kier alpha value is -3.29. The van der Waals surface area contributed by atoms with Crippen molar-refractivity contribution in [2.24, 2.45) is 0 Å². The van der Waals surface area contributed by atoms with Crippen molar-refractivity contribution in [2.45, 2.75) is 31.1 Å². The van der Waals surface area contributed by atoms with E-state index in [0.29, 0.717) is 0 Å². The molecule has 3 aliphatic rings. The fourth-order valence-corrected chi connectivity index (χ4v) is 6.30. The SMILES string of the molecule is COc1cc2c(cc1OC)[C@H]1[C@@H]3c4cc(OC)c(OC)cc4CCN3C(c3ccccn3)N1CC2. The van der Waals surface area contributed by atoms with Crippen molar-refractivity contribution in [1.29, 1.82) is 0 Å². The molecule has 7 heteroatoms. The maximum Gasteiger partial charge on any atom is 0.161 e. The summed E-state index contributed by atoms with van der Waals surface area (Å²) in [6, 6.07) is 15.2. The first kappa shape index (κ1) is 22.2. The third-order valence-corrected chi connectivity index (χ3v) is 7.80. The molecule has 7 nitrogen and oxygen atoms in total. The van der Waals surface area contributed by atoms with Gasteiger partial charge in [0.1, 0.15) is 6.17 Å². The molecule has 2 aromatic carbocycles. The van der Waals surface area contributed by atoms with Crippen LogP contribution in [0.3, 0.4) is 0 Å². The predicted molar refractivity (Wildman–Crippen MR) is 132 cm³/mol. The molecule has 1 saturated heterocycles. The average Bonchev–Trinajstić information content (AvgIpc) is 3.26. The van der Waals surface area contributed by atoms with Crippen LogP contribution in [0.1, 0.15) is 46.2 Å². The Kier molecular flexibility index (Phi) is 5.54. The topological polar surface area (TPSA) is 56.3 Å². The van der Waals surface area contributed by atoms with Crippen LogP contribution in [-0.4, -0.2) is 56.3 Å². The van der Waals surface area contributed by atoms with E-state index in [2.05, 4.69) is 46.2 Å². The molecule has 0 saturated carbocycles. The van der Waals surface area contributed by atoms with Crippen LogP contribution in [0.25, 0.3) is 0 Å². The van der Waals surface area contributed by atoms with Crippen molar-refractivity contribution in [3.63, 3.8) is 0 Å². The van der Waals surface area contributed by atoms with Gasteiger partial charge in [0.15, 0.2) is 23.0 Å². The molecule has 182 valence electrons. The van der Waals surface area contributed by atoms with E-state index < -0.39 is 0 Å². The van der Waals surface area contributed by atoms with Gasteiger partial charge in [-0.3, -0.25) is 14.8 Å². The van der Waals surface area contributed by atoms with E-state index in [4.69, 9.17) is 23.9 Å². The first-order chi connectivity index (χ1) is 17.2. The van der Waals surface area contributed by atoms with Gasteiger partial charge in [0.2, 0.25) is 0 Å².